The SMILES string of the molecule is c1ccc2c(c1)nn1cc(C3CCCC3)cnc21. The van der Waals surface area contributed by atoms with Crippen LogP contribution >= 0.6 is 0 Å². The van der Waals surface area contributed by atoms with E-state index in [2.05, 4.69) is 22.3 Å². The third-order valence-electron chi connectivity index (χ3n) is 4.01. The second-order valence-corrected chi connectivity index (χ2v) is 5.15. The van der Waals surface area contributed by atoms with Crippen LogP contribution < -0.4 is 0 Å². The minimum Gasteiger partial charge on any atom is -0.236 e. The number of hydrogen-bond donors (Lipinski definition) is 0. The highest BCUT2D eigenvalue weighted by Gasteiger charge is 2.18. The zero-order valence-corrected chi connectivity index (χ0v) is 10.2. The molecule has 1 aliphatic rings. The molecule has 3 aromatic rings. The smallest absolute Gasteiger partial charge is 0.162 e. The minimum absolute atomic E-state index is 0.689. The van der Waals surface area contributed by atoms with Crippen LogP contribution in [0.3, 0.4) is 0 Å². The molecule has 0 radical (unpaired) electrons. The van der Waals surface area contributed by atoms with E-state index in [0.717, 1.165) is 16.6 Å². The summed E-state index contributed by atoms with van der Waals surface area (Å²) < 4.78 is 1.94. The van der Waals surface area contributed by atoms with Crippen LogP contribution in [0, 0.1) is 0 Å². The van der Waals surface area contributed by atoms with Gasteiger partial charge in [-0.05, 0) is 36.5 Å². The van der Waals surface area contributed by atoms with Crippen molar-refractivity contribution in [3.63, 3.8) is 0 Å². The van der Waals surface area contributed by atoms with E-state index in [-0.39, 0.29) is 0 Å². The van der Waals surface area contributed by atoms with Gasteiger partial charge in [-0.15, -0.1) is 0 Å². The Labute approximate surface area is 105 Å². The summed E-state index contributed by atoms with van der Waals surface area (Å²) in [6.45, 7) is 0. The van der Waals surface area contributed by atoms with Gasteiger partial charge in [0, 0.05) is 17.8 Å². The van der Waals surface area contributed by atoms with Crippen LogP contribution in [0.15, 0.2) is 36.7 Å². The molecule has 4 rings (SSSR count). The number of aromatic nitrogens is 3. The predicted octanol–water partition coefficient (Wildman–Crippen LogP) is 3.54. The number of hydrogen-bond acceptors (Lipinski definition) is 2. The lowest BCUT2D eigenvalue weighted by molar-refractivity contribution is 0.708. The molecule has 0 amide bonds. The van der Waals surface area contributed by atoms with Gasteiger partial charge in [0.1, 0.15) is 0 Å². The highest BCUT2D eigenvalue weighted by Crippen LogP contribution is 2.33. The van der Waals surface area contributed by atoms with Crippen LogP contribution in [0.1, 0.15) is 37.2 Å². The van der Waals surface area contributed by atoms with Crippen molar-refractivity contribution in [2.45, 2.75) is 31.6 Å². The van der Waals surface area contributed by atoms with Crippen molar-refractivity contribution < 1.29 is 0 Å². The molecule has 90 valence electrons. The van der Waals surface area contributed by atoms with Crippen LogP contribution in [0.4, 0.5) is 0 Å². The summed E-state index contributed by atoms with van der Waals surface area (Å²) >= 11 is 0. The topological polar surface area (TPSA) is 30.2 Å². The van der Waals surface area contributed by atoms with Crippen molar-refractivity contribution in [3.05, 3.63) is 42.2 Å². The lowest BCUT2D eigenvalue weighted by Crippen LogP contribution is -1.98. The molecule has 0 atom stereocenters. The lowest BCUT2D eigenvalue weighted by Gasteiger charge is -2.08. The molecule has 3 heteroatoms. The Bertz CT molecular complexity index is 708. The molecule has 1 aromatic carbocycles. The van der Waals surface area contributed by atoms with Crippen LogP contribution in [0.5, 0.6) is 0 Å². The van der Waals surface area contributed by atoms with Gasteiger partial charge in [0.25, 0.3) is 0 Å². The van der Waals surface area contributed by atoms with Gasteiger partial charge in [-0.2, -0.15) is 5.10 Å². The molecule has 3 nitrogen and oxygen atoms in total. The number of benzene rings is 1. The highest BCUT2D eigenvalue weighted by atomic mass is 15.2. The zero-order chi connectivity index (χ0) is 11.9. The maximum atomic E-state index is 4.61. The molecule has 0 unspecified atom stereocenters. The van der Waals surface area contributed by atoms with Gasteiger partial charge < -0.3 is 0 Å². The first-order valence-corrected chi connectivity index (χ1v) is 6.65. The van der Waals surface area contributed by atoms with Crippen LogP contribution in [-0.2, 0) is 0 Å². The third kappa shape index (κ3) is 1.43. The average Bonchev–Trinajstić information content (AvgIpc) is 3.05. The maximum absolute atomic E-state index is 4.61. The summed E-state index contributed by atoms with van der Waals surface area (Å²) in [4.78, 5) is 4.61. The lowest BCUT2D eigenvalue weighted by atomic mass is 10.0. The molecular formula is C15H15N3. The molecule has 2 aromatic heterocycles. The van der Waals surface area contributed by atoms with E-state index in [9.17, 15) is 0 Å². The summed E-state index contributed by atoms with van der Waals surface area (Å²) in [5.41, 5.74) is 3.33. The highest BCUT2D eigenvalue weighted by molar-refractivity contribution is 5.91. The molecule has 18 heavy (non-hydrogen) atoms. The molecular weight excluding hydrogens is 222 g/mol. The summed E-state index contributed by atoms with van der Waals surface area (Å²) in [6.07, 6.45) is 9.51. The van der Waals surface area contributed by atoms with Gasteiger partial charge in [0.05, 0.1) is 5.52 Å². The van der Waals surface area contributed by atoms with Crippen molar-refractivity contribution >= 4 is 16.6 Å². The van der Waals surface area contributed by atoms with Gasteiger partial charge in [-0.25, -0.2) is 9.50 Å². The molecule has 0 N–H and O–H groups in total. The van der Waals surface area contributed by atoms with Crippen molar-refractivity contribution in [2.75, 3.05) is 0 Å². The fraction of sp³-hybridized carbons (Fsp3) is 0.333. The van der Waals surface area contributed by atoms with Crippen LogP contribution in [0.2, 0.25) is 0 Å². The van der Waals surface area contributed by atoms with Crippen LogP contribution in [-0.4, -0.2) is 14.6 Å². The third-order valence-corrected chi connectivity index (χ3v) is 4.01. The van der Waals surface area contributed by atoms with E-state index in [1.807, 2.05) is 28.9 Å². The predicted molar refractivity (Wildman–Crippen MR) is 71.7 cm³/mol. The summed E-state index contributed by atoms with van der Waals surface area (Å²) in [5, 5.41) is 5.74. The van der Waals surface area contributed by atoms with Gasteiger partial charge in [0.15, 0.2) is 5.65 Å². The van der Waals surface area contributed by atoms with Gasteiger partial charge >= 0.3 is 0 Å². The summed E-state index contributed by atoms with van der Waals surface area (Å²) in [5.74, 6) is 0.689. The Morgan fingerprint density at radius 3 is 2.83 bits per heavy atom. The van der Waals surface area contributed by atoms with E-state index in [0.29, 0.717) is 5.92 Å². The molecule has 1 fully saturated rings. The van der Waals surface area contributed by atoms with E-state index in [1.54, 1.807) is 0 Å². The Hall–Kier alpha value is -1.90. The Kier molecular flexibility index (Phi) is 2.13. The summed E-state index contributed by atoms with van der Waals surface area (Å²) in [6, 6.07) is 8.18. The first kappa shape index (κ1) is 10.1. The van der Waals surface area contributed by atoms with Crippen molar-refractivity contribution in [3.8, 4) is 0 Å². The second-order valence-electron chi connectivity index (χ2n) is 5.15. The fourth-order valence-corrected chi connectivity index (χ4v) is 3.04. The molecule has 0 saturated heterocycles. The van der Waals surface area contributed by atoms with Crippen molar-refractivity contribution in [2.24, 2.45) is 0 Å². The quantitative estimate of drug-likeness (QED) is 0.648. The molecule has 1 saturated carbocycles. The molecule has 1 aliphatic carbocycles. The Morgan fingerprint density at radius 2 is 1.94 bits per heavy atom. The van der Waals surface area contributed by atoms with Crippen molar-refractivity contribution in [1.82, 2.24) is 14.6 Å². The fourth-order valence-electron chi connectivity index (χ4n) is 3.04. The Balaban J connectivity index is 1.92. The van der Waals surface area contributed by atoms with Gasteiger partial charge in [-0.1, -0.05) is 25.0 Å². The minimum atomic E-state index is 0.689. The Morgan fingerprint density at radius 1 is 1.11 bits per heavy atom. The first-order valence-electron chi connectivity index (χ1n) is 6.65. The first-order chi connectivity index (χ1) is 8.92. The largest absolute Gasteiger partial charge is 0.236 e. The van der Waals surface area contributed by atoms with Gasteiger partial charge in [0.2, 0.25) is 0 Å². The molecule has 0 aliphatic heterocycles. The maximum Gasteiger partial charge on any atom is 0.162 e. The van der Waals surface area contributed by atoms with Crippen LogP contribution in [0.25, 0.3) is 16.6 Å². The van der Waals surface area contributed by atoms with E-state index in [1.165, 1.54) is 31.2 Å². The molecule has 2 heterocycles. The van der Waals surface area contributed by atoms with Gasteiger partial charge in [-0.3, -0.25) is 0 Å². The number of nitrogens with zero attached hydrogens (tertiary/aromatic N) is 3. The van der Waals surface area contributed by atoms with E-state index >= 15 is 0 Å². The molecule has 0 bridgehead atoms. The normalized spacial score (nSPS) is 16.9. The van der Waals surface area contributed by atoms with Crippen molar-refractivity contribution in [1.29, 1.82) is 0 Å². The second kappa shape index (κ2) is 3.80. The number of fused-ring (bicyclic) bond motifs is 3. The molecule has 0 spiro atoms. The standard InChI is InChI=1S/C15H15N3/c1-2-6-11(5-1)12-9-16-15-13-7-3-4-8-14(13)17-18(15)10-12/h3-4,7-11H,1-2,5-6H2. The average molecular weight is 237 g/mol. The monoisotopic (exact) mass is 237 g/mol. The summed E-state index contributed by atoms with van der Waals surface area (Å²) in [7, 11) is 0. The zero-order valence-electron chi connectivity index (χ0n) is 10.2. The number of rotatable bonds is 1. The van der Waals surface area contributed by atoms with E-state index < -0.39 is 0 Å². The van der Waals surface area contributed by atoms with E-state index in [4.69, 9.17) is 0 Å².